The van der Waals surface area contributed by atoms with Crippen molar-refractivity contribution in [2.75, 3.05) is 19.8 Å². The molecule has 1 spiro atoms. The first-order chi connectivity index (χ1) is 18.1. The molecule has 8 nitrogen and oxygen atoms in total. The quantitative estimate of drug-likeness (QED) is 0.292. The van der Waals surface area contributed by atoms with Gasteiger partial charge in [-0.1, -0.05) is 60.3 Å². The summed E-state index contributed by atoms with van der Waals surface area (Å²) in [7, 11) is 0. The van der Waals surface area contributed by atoms with Crippen molar-refractivity contribution in [3.05, 3.63) is 25.3 Å². The van der Waals surface area contributed by atoms with Gasteiger partial charge in [0.15, 0.2) is 0 Å². The molecule has 2 bridgehead atoms. The Morgan fingerprint density at radius 3 is 2.33 bits per heavy atom. The molecule has 8 heteroatoms. The molecule has 3 aliphatic heterocycles. The van der Waals surface area contributed by atoms with Crippen LogP contribution in [0.4, 0.5) is 0 Å². The van der Waals surface area contributed by atoms with Gasteiger partial charge in [0, 0.05) is 12.1 Å². The number of carbonyl (C=O) groups is 3. The van der Waals surface area contributed by atoms with E-state index in [2.05, 4.69) is 33.9 Å². The average molecular weight is 547 g/mol. The van der Waals surface area contributed by atoms with Crippen LogP contribution in [0.1, 0.15) is 81.1 Å². The number of aliphatic hydroxyl groups is 1. The first-order valence-electron chi connectivity index (χ1n) is 14.4. The smallest absolute Gasteiger partial charge is 0.313 e. The van der Waals surface area contributed by atoms with Gasteiger partial charge in [0.25, 0.3) is 0 Å². The number of hydrogen-bond donors (Lipinski definition) is 1. The summed E-state index contributed by atoms with van der Waals surface area (Å²) in [5, 5.41) is 10.5. The molecule has 3 fully saturated rings. The first kappa shape index (κ1) is 31.3. The number of esters is 1. The zero-order valence-corrected chi connectivity index (χ0v) is 25.3. The fraction of sp³-hybridized carbons (Fsp3) is 0.774. The van der Waals surface area contributed by atoms with Crippen LogP contribution >= 0.6 is 0 Å². The largest absolute Gasteiger partial charge is 0.461 e. The van der Waals surface area contributed by atoms with Crippen molar-refractivity contribution >= 4 is 17.8 Å². The molecule has 0 saturated carbocycles. The van der Waals surface area contributed by atoms with E-state index in [1.54, 1.807) is 15.9 Å². The standard InChI is InChI=1S/C31H50N2O6/c1-11-16-32(29(9,10)19-28(6,7)8)26(36)24-31-15-14-30(13-3,39-31)23(27(37)38-17-12-2)22(31)25(35)33(24)21(18-34)20(4)5/h11-12,20-24,34H,1-2,13-19H2,3-10H3/t21-,22-,23+,24?,30-,31?/m0/s1. The second-order valence-corrected chi connectivity index (χ2v) is 13.8. The summed E-state index contributed by atoms with van der Waals surface area (Å²) in [6, 6.07) is -1.58. The predicted octanol–water partition coefficient (Wildman–Crippen LogP) is 4.12. The summed E-state index contributed by atoms with van der Waals surface area (Å²) < 4.78 is 12.3. The molecule has 39 heavy (non-hydrogen) atoms. The molecule has 2 amide bonds. The van der Waals surface area contributed by atoms with Gasteiger partial charge in [-0.05, 0) is 50.9 Å². The van der Waals surface area contributed by atoms with Crippen LogP contribution in [-0.4, -0.2) is 81.3 Å². The molecule has 0 aromatic carbocycles. The van der Waals surface area contributed by atoms with Gasteiger partial charge < -0.3 is 24.4 Å². The number of nitrogens with zero attached hydrogens (tertiary/aromatic N) is 2. The fourth-order valence-electron chi connectivity index (χ4n) is 7.81. The zero-order chi connectivity index (χ0) is 29.6. The van der Waals surface area contributed by atoms with Crippen molar-refractivity contribution in [2.24, 2.45) is 23.2 Å². The highest BCUT2D eigenvalue weighted by Gasteiger charge is 2.80. The summed E-state index contributed by atoms with van der Waals surface area (Å²) >= 11 is 0. The van der Waals surface area contributed by atoms with Crippen molar-refractivity contribution in [2.45, 2.75) is 110 Å². The fourth-order valence-corrected chi connectivity index (χ4v) is 7.81. The SMILES string of the molecule is C=CCOC(=O)[C@H]1[C@H]2C(=O)N([C@@H](CO)C(C)C)C(C(=O)N(CC=C)C(C)(C)CC(C)(C)C)C23CC[C@]1(CC)O3. The van der Waals surface area contributed by atoms with Gasteiger partial charge in [-0.25, -0.2) is 0 Å². The van der Waals surface area contributed by atoms with Crippen molar-refractivity contribution in [3.63, 3.8) is 0 Å². The highest BCUT2D eigenvalue weighted by atomic mass is 16.6. The average Bonchev–Trinajstić information content (AvgIpc) is 3.43. The first-order valence-corrected chi connectivity index (χ1v) is 14.4. The van der Waals surface area contributed by atoms with Crippen LogP contribution in [0.3, 0.4) is 0 Å². The van der Waals surface area contributed by atoms with Gasteiger partial charge in [0.05, 0.1) is 24.2 Å². The van der Waals surface area contributed by atoms with E-state index < -0.39 is 46.6 Å². The summed E-state index contributed by atoms with van der Waals surface area (Å²) in [6.07, 6.45) is 5.48. The van der Waals surface area contributed by atoms with Gasteiger partial charge in [-0.3, -0.25) is 14.4 Å². The minimum Gasteiger partial charge on any atom is -0.461 e. The second kappa shape index (κ2) is 11.0. The van der Waals surface area contributed by atoms with E-state index >= 15 is 0 Å². The molecule has 0 radical (unpaired) electrons. The molecule has 6 atom stereocenters. The lowest BCUT2D eigenvalue weighted by Crippen LogP contribution is -2.63. The third kappa shape index (κ3) is 5.19. The Hall–Kier alpha value is -2.19. The van der Waals surface area contributed by atoms with E-state index in [-0.39, 0.29) is 36.4 Å². The van der Waals surface area contributed by atoms with Crippen LogP contribution in [0.2, 0.25) is 0 Å². The maximum atomic E-state index is 14.8. The lowest BCUT2D eigenvalue weighted by Gasteiger charge is -2.47. The minimum absolute atomic E-state index is 0.0362. The van der Waals surface area contributed by atoms with Crippen LogP contribution in [0.5, 0.6) is 0 Å². The third-order valence-electron chi connectivity index (χ3n) is 9.04. The molecule has 3 heterocycles. The van der Waals surface area contributed by atoms with Crippen LogP contribution in [-0.2, 0) is 23.9 Å². The van der Waals surface area contributed by atoms with Gasteiger partial charge in [0.1, 0.15) is 24.2 Å². The number of hydrogen-bond acceptors (Lipinski definition) is 6. The van der Waals surface area contributed by atoms with Crippen LogP contribution < -0.4 is 0 Å². The van der Waals surface area contributed by atoms with Crippen molar-refractivity contribution < 1.29 is 29.0 Å². The number of rotatable bonds is 12. The monoisotopic (exact) mass is 546 g/mol. The van der Waals surface area contributed by atoms with Gasteiger partial charge >= 0.3 is 5.97 Å². The molecule has 3 saturated heterocycles. The Kier molecular flexibility index (Phi) is 8.84. The maximum absolute atomic E-state index is 14.8. The van der Waals surface area contributed by atoms with Gasteiger partial charge in [-0.15, -0.1) is 6.58 Å². The number of amides is 2. The summed E-state index contributed by atoms with van der Waals surface area (Å²) in [4.78, 5) is 46.1. The van der Waals surface area contributed by atoms with Crippen molar-refractivity contribution in [1.82, 2.24) is 9.80 Å². The van der Waals surface area contributed by atoms with Crippen LogP contribution in [0, 0.1) is 23.2 Å². The summed E-state index contributed by atoms with van der Waals surface area (Å²) in [5.74, 6) is -2.85. The normalized spacial score (nSPS) is 30.9. The Bertz CT molecular complexity index is 984. The van der Waals surface area contributed by atoms with Gasteiger partial charge in [0.2, 0.25) is 11.8 Å². The molecule has 3 rings (SSSR count). The summed E-state index contributed by atoms with van der Waals surface area (Å²) in [5.41, 5.74) is -2.67. The lowest BCUT2D eigenvalue weighted by molar-refractivity contribution is -0.165. The topological polar surface area (TPSA) is 96.4 Å². The number of aliphatic hydroxyl groups excluding tert-OH is 1. The molecule has 3 aliphatic rings. The molecule has 2 unspecified atom stereocenters. The van der Waals surface area contributed by atoms with E-state index in [1.807, 2.05) is 34.6 Å². The molecule has 0 aromatic rings. The van der Waals surface area contributed by atoms with Gasteiger partial charge in [-0.2, -0.15) is 0 Å². The third-order valence-corrected chi connectivity index (χ3v) is 9.04. The summed E-state index contributed by atoms with van der Waals surface area (Å²) in [6.45, 7) is 23.9. The zero-order valence-electron chi connectivity index (χ0n) is 25.3. The molecular formula is C31H50N2O6. The van der Waals surface area contributed by atoms with E-state index in [9.17, 15) is 19.5 Å². The Morgan fingerprint density at radius 2 is 1.85 bits per heavy atom. The number of fused-ring (bicyclic) bond motifs is 1. The molecule has 1 N–H and O–H groups in total. The highest BCUT2D eigenvalue weighted by molar-refractivity contribution is 5.99. The highest BCUT2D eigenvalue weighted by Crippen LogP contribution is 2.65. The number of likely N-dealkylation sites (tertiary alicyclic amines) is 1. The van der Waals surface area contributed by atoms with Crippen LogP contribution in [0.15, 0.2) is 25.3 Å². The molecule has 0 aromatic heterocycles. The molecule has 0 aliphatic carbocycles. The van der Waals surface area contributed by atoms with Crippen molar-refractivity contribution in [3.8, 4) is 0 Å². The van der Waals surface area contributed by atoms with Crippen molar-refractivity contribution in [1.29, 1.82) is 0 Å². The lowest BCUT2D eigenvalue weighted by atomic mass is 9.65. The van der Waals surface area contributed by atoms with E-state index in [0.29, 0.717) is 25.8 Å². The van der Waals surface area contributed by atoms with Crippen LogP contribution in [0.25, 0.3) is 0 Å². The number of carbonyl (C=O) groups excluding carboxylic acids is 3. The van der Waals surface area contributed by atoms with E-state index in [1.165, 1.54) is 6.08 Å². The minimum atomic E-state index is -1.18. The second-order valence-electron chi connectivity index (χ2n) is 13.8. The van der Waals surface area contributed by atoms with E-state index in [4.69, 9.17) is 9.47 Å². The Labute approximate surface area is 234 Å². The number of ether oxygens (including phenoxy) is 2. The Morgan fingerprint density at radius 1 is 1.21 bits per heavy atom. The van der Waals surface area contributed by atoms with E-state index in [0.717, 1.165) is 6.42 Å². The molecular weight excluding hydrogens is 496 g/mol. The molecule has 220 valence electrons. The maximum Gasteiger partial charge on any atom is 0.313 e. The Balaban J connectivity index is 2.20. The predicted molar refractivity (Wildman–Crippen MR) is 151 cm³/mol.